The summed E-state index contributed by atoms with van der Waals surface area (Å²) >= 11 is 9.44. The molecule has 1 aliphatic heterocycles. The second-order valence-electron chi connectivity index (χ2n) is 6.73. The topological polar surface area (TPSA) is 32.3 Å². The molecule has 3 nitrogen and oxygen atoms in total. The summed E-state index contributed by atoms with van der Waals surface area (Å²) in [6.45, 7) is 4.13. The summed E-state index contributed by atoms with van der Waals surface area (Å²) in [5.41, 5.74) is 1.16. The van der Waals surface area contributed by atoms with E-state index in [2.05, 4.69) is 27.7 Å². The fourth-order valence-electron chi connectivity index (χ4n) is 3.17. The fourth-order valence-corrected chi connectivity index (χ4v) is 4.93. The van der Waals surface area contributed by atoms with Crippen molar-refractivity contribution in [1.29, 1.82) is 0 Å². The van der Waals surface area contributed by atoms with Crippen LogP contribution in [0.2, 0.25) is 5.02 Å². The smallest absolute Gasteiger partial charge is 0.230 e. The van der Waals surface area contributed by atoms with E-state index in [1.54, 1.807) is 11.8 Å². The van der Waals surface area contributed by atoms with Crippen LogP contribution in [0.5, 0.6) is 0 Å². The Balaban J connectivity index is 1.28. The highest BCUT2D eigenvalue weighted by molar-refractivity contribution is 7.99. The van der Waals surface area contributed by atoms with Gasteiger partial charge in [-0.3, -0.25) is 9.69 Å². The van der Waals surface area contributed by atoms with E-state index < -0.39 is 0 Å². The minimum atomic E-state index is 0.137. The number of thioether (sulfide) groups is 1. The van der Waals surface area contributed by atoms with Crippen molar-refractivity contribution in [3.8, 4) is 0 Å². The highest BCUT2D eigenvalue weighted by Gasteiger charge is 2.19. The average Bonchev–Trinajstić information content (AvgIpc) is 3.14. The molecular weight excluding hydrogens is 384 g/mol. The van der Waals surface area contributed by atoms with Crippen molar-refractivity contribution >= 4 is 40.6 Å². The van der Waals surface area contributed by atoms with Crippen LogP contribution in [0, 0.1) is 5.92 Å². The number of carbonyl (C=O) groups excluding carboxylic acids is 1. The van der Waals surface area contributed by atoms with Crippen molar-refractivity contribution < 1.29 is 4.79 Å². The Bertz CT molecular complexity index is 685. The zero-order valence-electron chi connectivity index (χ0n) is 14.8. The summed E-state index contributed by atoms with van der Waals surface area (Å²) in [6.07, 6.45) is 2.34. The molecule has 3 rings (SSSR count). The molecule has 2 heterocycles. The summed E-state index contributed by atoms with van der Waals surface area (Å²) in [6, 6.07) is 12.1. The van der Waals surface area contributed by atoms with Crippen LogP contribution in [0.3, 0.4) is 0 Å². The van der Waals surface area contributed by atoms with E-state index in [-0.39, 0.29) is 5.91 Å². The van der Waals surface area contributed by atoms with Crippen LogP contribution >= 0.6 is 34.7 Å². The fraction of sp³-hybridized carbons (Fsp3) is 0.450. The lowest BCUT2D eigenvalue weighted by molar-refractivity contribution is -0.118. The Kier molecular flexibility index (Phi) is 7.86. The average molecular weight is 409 g/mol. The molecule has 0 unspecified atom stereocenters. The van der Waals surface area contributed by atoms with Gasteiger partial charge in [0.25, 0.3) is 0 Å². The molecule has 0 aliphatic carbocycles. The summed E-state index contributed by atoms with van der Waals surface area (Å²) < 4.78 is 0. The number of amides is 1. The Morgan fingerprint density at radius 3 is 2.85 bits per heavy atom. The van der Waals surface area contributed by atoms with Gasteiger partial charge in [-0.15, -0.1) is 23.1 Å². The van der Waals surface area contributed by atoms with Crippen molar-refractivity contribution in [2.45, 2.75) is 25.1 Å². The Hall–Kier alpha value is -1.01. The third-order valence-electron chi connectivity index (χ3n) is 4.65. The molecule has 26 heavy (non-hydrogen) atoms. The molecule has 1 fully saturated rings. The van der Waals surface area contributed by atoms with Crippen LogP contribution < -0.4 is 5.32 Å². The standard InChI is InChI=1S/C20H25ClN2OS2/c21-18-4-1-3-17(11-18)14-25-15-20(24)22-12-16-6-8-23(9-7-16)13-19-5-2-10-26-19/h1-5,10-11,16H,6-9,12-15H2,(H,22,24). The van der Waals surface area contributed by atoms with Crippen molar-refractivity contribution in [3.63, 3.8) is 0 Å². The van der Waals surface area contributed by atoms with E-state index in [4.69, 9.17) is 11.6 Å². The van der Waals surface area contributed by atoms with Gasteiger partial charge in [-0.1, -0.05) is 29.8 Å². The second-order valence-corrected chi connectivity index (χ2v) is 9.18. The molecule has 140 valence electrons. The second kappa shape index (κ2) is 10.4. The summed E-state index contributed by atoms with van der Waals surface area (Å²) in [5.74, 6) is 2.06. The molecule has 0 spiro atoms. The van der Waals surface area contributed by atoms with Crippen LogP contribution in [0.25, 0.3) is 0 Å². The molecule has 0 bridgehead atoms. The summed E-state index contributed by atoms with van der Waals surface area (Å²) in [7, 11) is 0. The predicted molar refractivity (Wildman–Crippen MR) is 113 cm³/mol. The quantitative estimate of drug-likeness (QED) is 0.689. The molecule has 0 atom stereocenters. The normalized spacial score (nSPS) is 15.9. The van der Waals surface area contributed by atoms with Gasteiger partial charge in [-0.05, 0) is 61.0 Å². The van der Waals surface area contributed by atoms with Crippen LogP contribution in [-0.2, 0) is 17.1 Å². The molecule has 1 saturated heterocycles. The van der Waals surface area contributed by atoms with E-state index in [1.165, 1.54) is 17.7 Å². The van der Waals surface area contributed by atoms with Crippen LogP contribution in [-0.4, -0.2) is 36.2 Å². The number of halogens is 1. The minimum absolute atomic E-state index is 0.137. The first-order valence-corrected chi connectivity index (χ1v) is 11.4. The zero-order valence-corrected chi connectivity index (χ0v) is 17.2. The van der Waals surface area contributed by atoms with Crippen LogP contribution in [0.1, 0.15) is 23.3 Å². The van der Waals surface area contributed by atoms with E-state index in [1.807, 2.05) is 35.6 Å². The van der Waals surface area contributed by atoms with E-state index >= 15 is 0 Å². The van der Waals surface area contributed by atoms with Gasteiger partial charge in [0.05, 0.1) is 5.75 Å². The van der Waals surface area contributed by atoms with Gasteiger partial charge in [-0.2, -0.15) is 0 Å². The molecular formula is C20H25ClN2OS2. The first-order valence-electron chi connectivity index (χ1n) is 9.02. The van der Waals surface area contributed by atoms with Crippen LogP contribution in [0.15, 0.2) is 41.8 Å². The van der Waals surface area contributed by atoms with Gasteiger partial charge in [0.15, 0.2) is 0 Å². The van der Waals surface area contributed by atoms with Gasteiger partial charge in [0, 0.05) is 28.7 Å². The lowest BCUT2D eigenvalue weighted by atomic mass is 9.97. The molecule has 6 heteroatoms. The third-order valence-corrected chi connectivity index (χ3v) is 6.75. The first kappa shape index (κ1) is 19.7. The molecule has 1 aromatic heterocycles. The van der Waals surface area contributed by atoms with E-state index in [0.717, 1.165) is 42.5 Å². The van der Waals surface area contributed by atoms with E-state index in [9.17, 15) is 4.79 Å². The van der Waals surface area contributed by atoms with Gasteiger partial charge in [-0.25, -0.2) is 0 Å². The maximum absolute atomic E-state index is 12.1. The molecule has 0 radical (unpaired) electrons. The molecule has 1 aliphatic rings. The number of nitrogens with one attached hydrogen (secondary N) is 1. The number of piperidine rings is 1. The number of nitrogens with zero attached hydrogens (tertiary/aromatic N) is 1. The predicted octanol–water partition coefficient (Wildman–Crippen LogP) is 4.66. The van der Waals surface area contributed by atoms with E-state index in [0.29, 0.717) is 11.7 Å². The lowest BCUT2D eigenvalue weighted by Gasteiger charge is -2.31. The molecule has 0 saturated carbocycles. The Morgan fingerprint density at radius 1 is 1.27 bits per heavy atom. The van der Waals surface area contributed by atoms with Crippen LogP contribution in [0.4, 0.5) is 0 Å². The number of hydrogen-bond acceptors (Lipinski definition) is 4. The lowest BCUT2D eigenvalue weighted by Crippen LogP contribution is -2.38. The number of likely N-dealkylation sites (tertiary alicyclic amines) is 1. The number of thiophene rings is 1. The maximum Gasteiger partial charge on any atom is 0.230 e. The number of hydrogen-bond donors (Lipinski definition) is 1. The Labute approximate surface area is 169 Å². The van der Waals surface area contributed by atoms with Crippen molar-refractivity contribution in [2.24, 2.45) is 5.92 Å². The molecule has 1 amide bonds. The zero-order chi connectivity index (χ0) is 18.2. The number of benzene rings is 1. The minimum Gasteiger partial charge on any atom is -0.355 e. The highest BCUT2D eigenvalue weighted by atomic mass is 35.5. The Morgan fingerprint density at radius 2 is 2.12 bits per heavy atom. The van der Waals surface area contributed by atoms with Crippen molar-refractivity contribution in [3.05, 3.63) is 57.2 Å². The SMILES string of the molecule is O=C(CSCc1cccc(Cl)c1)NCC1CCN(Cc2cccs2)CC1. The van der Waals surface area contributed by atoms with Gasteiger partial charge in [0.1, 0.15) is 0 Å². The summed E-state index contributed by atoms with van der Waals surface area (Å²) in [4.78, 5) is 16.0. The third kappa shape index (κ3) is 6.62. The largest absolute Gasteiger partial charge is 0.355 e. The van der Waals surface area contributed by atoms with Crippen molar-refractivity contribution in [2.75, 3.05) is 25.4 Å². The number of rotatable bonds is 8. The van der Waals surface area contributed by atoms with Gasteiger partial charge >= 0.3 is 0 Å². The first-order chi connectivity index (χ1) is 12.7. The van der Waals surface area contributed by atoms with Gasteiger partial charge < -0.3 is 5.32 Å². The number of carbonyl (C=O) groups is 1. The molecule has 2 aromatic rings. The van der Waals surface area contributed by atoms with Gasteiger partial charge in [0.2, 0.25) is 5.91 Å². The molecule has 1 aromatic carbocycles. The highest BCUT2D eigenvalue weighted by Crippen LogP contribution is 2.20. The summed E-state index contributed by atoms with van der Waals surface area (Å²) in [5, 5.41) is 6.00. The van der Waals surface area contributed by atoms with Crippen molar-refractivity contribution in [1.82, 2.24) is 10.2 Å². The monoisotopic (exact) mass is 408 g/mol. The maximum atomic E-state index is 12.1. The molecule has 1 N–H and O–H groups in total.